The third-order valence-electron chi connectivity index (χ3n) is 5.39. The molecule has 9 heteroatoms. The molecule has 0 unspecified atom stereocenters. The summed E-state index contributed by atoms with van der Waals surface area (Å²) in [5, 5.41) is 2.66. The number of aromatic nitrogens is 2. The maximum Gasteiger partial charge on any atom is 0.243 e. The van der Waals surface area contributed by atoms with E-state index in [1.165, 1.54) is 17.9 Å². The smallest absolute Gasteiger partial charge is 0.243 e. The molecule has 1 fully saturated rings. The average Bonchev–Trinajstić information content (AvgIpc) is 3.07. The lowest BCUT2D eigenvalue weighted by atomic mass is 10.0. The number of amides is 2. The second-order valence-corrected chi connectivity index (χ2v) is 7.80. The van der Waals surface area contributed by atoms with Gasteiger partial charge >= 0.3 is 0 Å². The van der Waals surface area contributed by atoms with Gasteiger partial charge in [0.15, 0.2) is 5.78 Å². The molecule has 160 valence electrons. The fourth-order valence-electron chi connectivity index (χ4n) is 3.67. The van der Waals surface area contributed by atoms with Crippen molar-refractivity contribution in [3.8, 4) is 0 Å². The third-order valence-corrected chi connectivity index (χ3v) is 5.68. The van der Waals surface area contributed by atoms with E-state index >= 15 is 0 Å². The van der Waals surface area contributed by atoms with Crippen LogP contribution in [-0.2, 0) is 22.6 Å². The van der Waals surface area contributed by atoms with E-state index in [1.807, 2.05) is 0 Å². The van der Waals surface area contributed by atoms with Crippen molar-refractivity contribution in [1.82, 2.24) is 19.6 Å². The molecule has 7 nitrogen and oxygen atoms in total. The molecule has 2 amide bonds. The SMILES string of the molecule is CC(=O)c1nc(CC(=O)N2CC[C@H]2C(=O)NCc2cccc(Cl)c2F)n2ccccc12. The summed E-state index contributed by atoms with van der Waals surface area (Å²) in [4.78, 5) is 43.1. The maximum atomic E-state index is 14.0. The fraction of sp³-hybridized carbons (Fsp3) is 0.273. The van der Waals surface area contributed by atoms with Crippen molar-refractivity contribution < 1.29 is 18.8 Å². The number of carbonyl (C=O) groups excluding carboxylic acids is 3. The van der Waals surface area contributed by atoms with Crippen LogP contribution in [0.1, 0.15) is 35.2 Å². The number of rotatable bonds is 6. The molecule has 0 radical (unpaired) electrons. The number of benzene rings is 1. The molecule has 1 aliphatic rings. The van der Waals surface area contributed by atoms with Gasteiger partial charge in [0.25, 0.3) is 0 Å². The molecule has 1 aromatic carbocycles. The van der Waals surface area contributed by atoms with Gasteiger partial charge in [-0.3, -0.25) is 14.4 Å². The Bertz CT molecular complexity index is 1190. The zero-order valence-corrected chi connectivity index (χ0v) is 17.5. The van der Waals surface area contributed by atoms with Gasteiger partial charge in [-0.05, 0) is 24.6 Å². The number of pyridine rings is 1. The maximum absolute atomic E-state index is 14.0. The molecule has 1 N–H and O–H groups in total. The average molecular weight is 443 g/mol. The Kier molecular flexibility index (Phi) is 5.73. The topological polar surface area (TPSA) is 83.8 Å². The van der Waals surface area contributed by atoms with Crippen LogP contribution in [-0.4, -0.2) is 44.5 Å². The van der Waals surface area contributed by atoms with Crippen LogP contribution in [0.25, 0.3) is 5.52 Å². The number of carbonyl (C=O) groups is 3. The zero-order chi connectivity index (χ0) is 22.1. The van der Waals surface area contributed by atoms with Crippen molar-refractivity contribution in [3.05, 3.63) is 70.5 Å². The molecule has 3 aromatic rings. The highest BCUT2D eigenvalue weighted by Gasteiger charge is 2.37. The van der Waals surface area contributed by atoms with Gasteiger partial charge in [-0.15, -0.1) is 0 Å². The third kappa shape index (κ3) is 4.03. The summed E-state index contributed by atoms with van der Waals surface area (Å²) in [5.74, 6) is -0.921. The van der Waals surface area contributed by atoms with Crippen molar-refractivity contribution in [2.75, 3.05) is 6.54 Å². The van der Waals surface area contributed by atoms with Crippen molar-refractivity contribution >= 4 is 34.7 Å². The first-order valence-corrected chi connectivity index (χ1v) is 10.2. The van der Waals surface area contributed by atoms with Crippen LogP contribution in [0.3, 0.4) is 0 Å². The first kappa shape index (κ1) is 21.0. The minimum Gasteiger partial charge on any atom is -0.350 e. The highest BCUT2D eigenvalue weighted by Crippen LogP contribution is 2.22. The van der Waals surface area contributed by atoms with Crippen LogP contribution in [0.2, 0.25) is 5.02 Å². The zero-order valence-electron chi connectivity index (χ0n) is 16.8. The summed E-state index contributed by atoms with van der Waals surface area (Å²) in [5.41, 5.74) is 1.22. The molecule has 4 rings (SSSR count). The highest BCUT2D eigenvalue weighted by molar-refractivity contribution is 6.30. The second kappa shape index (κ2) is 8.47. The summed E-state index contributed by atoms with van der Waals surface area (Å²) >= 11 is 5.77. The Morgan fingerprint density at radius 3 is 2.74 bits per heavy atom. The van der Waals surface area contributed by atoms with Gasteiger partial charge in [0, 0.05) is 31.8 Å². The normalized spacial score (nSPS) is 15.6. The highest BCUT2D eigenvalue weighted by atomic mass is 35.5. The van der Waals surface area contributed by atoms with Gasteiger partial charge in [-0.1, -0.05) is 29.8 Å². The lowest BCUT2D eigenvalue weighted by molar-refractivity contribution is -0.147. The Labute approximate surface area is 182 Å². The molecule has 0 aliphatic carbocycles. The number of likely N-dealkylation sites (tertiary alicyclic amines) is 1. The monoisotopic (exact) mass is 442 g/mol. The lowest BCUT2D eigenvalue weighted by Gasteiger charge is -2.39. The number of fused-ring (bicyclic) bond motifs is 1. The number of imidazole rings is 1. The number of ketones is 1. The molecular formula is C22H20ClFN4O3. The molecule has 0 bridgehead atoms. The molecule has 3 heterocycles. The largest absolute Gasteiger partial charge is 0.350 e. The van der Waals surface area contributed by atoms with E-state index in [0.717, 1.165) is 0 Å². The Morgan fingerprint density at radius 1 is 1.23 bits per heavy atom. The van der Waals surface area contributed by atoms with Crippen molar-refractivity contribution in [2.45, 2.75) is 32.4 Å². The molecule has 31 heavy (non-hydrogen) atoms. The van der Waals surface area contributed by atoms with E-state index in [2.05, 4.69) is 10.3 Å². The van der Waals surface area contributed by atoms with Crippen LogP contribution >= 0.6 is 11.6 Å². The Balaban J connectivity index is 1.43. The lowest BCUT2D eigenvalue weighted by Crippen LogP contribution is -2.58. The summed E-state index contributed by atoms with van der Waals surface area (Å²) in [6.07, 6.45) is 2.24. The van der Waals surface area contributed by atoms with Crippen LogP contribution in [0.15, 0.2) is 42.6 Å². The predicted molar refractivity (Wildman–Crippen MR) is 112 cm³/mol. The number of halogens is 2. The van der Waals surface area contributed by atoms with Gasteiger partial charge in [-0.2, -0.15) is 0 Å². The predicted octanol–water partition coefficient (Wildman–Crippen LogP) is 2.79. The first-order valence-electron chi connectivity index (χ1n) is 9.83. The van der Waals surface area contributed by atoms with E-state index in [1.54, 1.807) is 40.9 Å². The second-order valence-electron chi connectivity index (χ2n) is 7.39. The van der Waals surface area contributed by atoms with Gasteiger partial charge in [0.05, 0.1) is 17.0 Å². The Morgan fingerprint density at radius 2 is 2.03 bits per heavy atom. The van der Waals surface area contributed by atoms with E-state index in [-0.39, 0.29) is 41.1 Å². The van der Waals surface area contributed by atoms with Crippen LogP contribution in [0, 0.1) is 5.82 Å². The fourth-order valence-corrected chi connectivity index (χ4v) is 3.86. The van der Waals surface area contributed by atoms with Crippen molar-refractivity contribution in [2.24, 2.45) is 0 Å². The van der Waals surface area contributed by atoms with Gasteiger partial charge in [0.1, 0.15) is 23.4 Å². The van der Waals surface area contributed by atoms with Crippen LogP contribution in [0.5, 0.6) is 0 Å². The molecule has 0 saturated carbocycles. The number of hydrogen-bond donors (Lipinski definition) is 1. The quantitative estimate of drug-likeness (QED) is 0.595. The van der Waals surface area contributed by atoms with Gasteiger partial charge < -0.3 is 14.6 Å². The van der Waals surface area contributed by atoms with Crippen molar-refractivity contribution in [3.63, 3.8) is 0 Å². The van der Waals surface area contributed by atoms with E-state index in [9.17, 15) is 18.8 Å². The van der Waals surface area contributed by atoms with E-state index in [4.69, 9.17) is 11.6 Å². The molecule has 1 atom stereocenters. The number of nitrogens with one attached hydrogen (secondary N) is 1. The number of hydrogen-bond acceptors (Lipinski definition) is 4. The van der Waals surface area contributed by atoms with Crippen LogP contribution in [0.4, 0.5) is 4.39 Å². The van der Waals surface area contributed by atoms with E-state index < -0.39 is 11.9 Å². The molecule has 1 aliphatic heterocycles. The van der Waals surface area contributed by atoms with E-state index in [0.29, 0.717) is 30.0 Å². The first-order chi connectivity index (χ1) is 14.9. The summed E-state index contributed by atoms with van der Waals surface area (Å²) < 4.78 is 15.7. The molecule has 1 saturated heterocycles. The minimum atomic E-state index is -0.617. The number of nitrogens with zero attached hydrogens (tertiary/aromatic N) is 3. The minimum absolute atomic E-state index is 0.0101. The summed E-state index contributed by atoms with van der Waals surface area (Å²) in [7, 11) is 0. The molecule has 2 aromatic heterocycles. The van der Waals surface area contributed by atoms with Gasteiger partial charge in [-0.25, -0.2) is 9.37 Å². The number of Topliss-reactive ketones (excluding diaryl/α,β-unsaturated/α-hetero) is 1. The van der Waals surface area contributed by atoms with Gasteiger partial charge in [0.2, 0.25) is 11.8 Å². The summed E-state index contributed by atoms with van der Waals surface area (Å²) in [6.45, 7) is 1.86. The van der Waals surface area contributed by atoms with Crippen LogP contribution < -0.4 is 5.32 Å². The molecular weight excluding hydrogens is 423 g/mol. The standard InChI is InChI=1S/C22H20ClFN4O3/c1-13(29)21-16-7-2-3-9-27(16)18(26-21)11-19(30)28-10-8-17(28)22(31)25-12-14-5-4-6-15(23)20(14)24/h2-7,9,17H,8,10-12H2,1H3,(H,25,31)/t17-/m0/s1. The van der Waals surface area contributed by atoms with Crippen molar-refractivity contribution in [1.29, 1.82) is 0 Å². The summed E-state index contributed by atoms with van der Waals surface area (Å²) in [6, 6.07) is 9.33. The molecule has 0 spiro atoms. The Hall–Kier alpha value is -3.26.